The Balaban J connectivity index is 0.000000544. The quantitative estimate of drug-likeness (QED) is 0.209. The highest BCUT2D eigenvalue weighted by Gasteiger charge is 2.50. The first-order chi connectivity index (χ1) is 23.3. The summed E-state index contributed by atoms with van der Waals surface area (Å²) in [7, 11) is 1.72. The summed E-state index contributed by atoms with van der Waals surface area (Å²) in [5.74, 6) is 4.99. The monoisotopic (exact) mass is 658 g/mol. The van der Waals surface area contributed by atoms with Crippen LogP contribution >= 0.6 is 0 Å². The van der Waals surface area contributed by atoms with Gasteiger partial charge in [-0.3, -0.25) is 9.78 Å². The van der Waals surface area contributed by atoms with E-state index in [0.29, 0.717) is 23.7 Å². The Bertz CT molecular complexity index is 1350. The minimum atomic E-state index is 0. The number of methoxy groups -OCH3 is 1. The third kappa shape index (κ3) is 9.42. The molecule has 0 amide bonds. The maximum Gasteiger partial charge on any atom is 0.163 e. The fourth-order valence-corrected chi connectivity index (χ4v) is 9.32. The van der Waals surface area contributed by atoms with Gasteiger partial charge in [0.2, 0.25) is 0 Å². The van der Waals surface area contributed by atoms with E-state index in [-0.39, 0.29) is 8.64 Å². The summed E-state index contributed by atoms with van der Waals surface area (Å²) in [6.07, 6.45) is 25.3. The van der Waals surface area contributed by atoms with Gasteiger partial charge in [0, 0.05) is 44.1 Å². The number of nitrogens with zero attached hydrogens (tertiary/aromatic N) is 1. The lowest BCUT2D eigenvalue weighted by Gasteiger charge is -2.26. The molecule has 1 spiro atoms. The summed E-state index contributed by atoms with van der Waals surface area (Å²) in [5.41, 5.74) is 7.59. The number of ketones is 1. The Morgan fingerprint density at radius 1 is 0.896 bits per heavy atom. The average Bonchev–Trinajstić information content (AvgIpc) is 3.74. The topological polar surface area (TPSA) is 39.2 Å². The number of ether oxygens (including phenoxy) is 1. The van der Waals surface area contributed by atoms with Crippen molar-refractivity contribution in [1.29, 1.82) is 0 Å². The zero-order chi connectivity index (χ0) is 34.1. The van der Waals surface area contributed by atoms with Crippen molar-refractivity contribution in [2.24, 2.45) is 29.1 Å². The van der Waals surface area contributed by atoms with E-state index in [1.165, 1.54) is 120 Å². The van der Waals surface area contributed by atoms with E-state index in [0.717, 1.165) is 59.6 Å². The number of hydrogen-bond acceptors (Lipinski definition) is 3. The summed E-state index contributed by atoms with van der Waals surface area (Å²) in [6, 6.07) is 10.6. The van der Waals surface area contributed by atoms with Crippen LogP contribution in [-0.2, 0) is 12.8 Å². The summed E-state index contributed by atoms with van der Waals surface area (Å²) in [5, 5.41) is 0. The number of pyridine rings is 1. The van der Waals surface area contributed by atoms with E-state index >= 15 is 0 Å². The molecule has 0 N–H and O–H groups in total. The molecule has 1 atom stereocenters. The number of fused-ring (bicyclic) bond motifs is 1. The standard InChI is InChI=1S/C36H47NO2.C7H14.C2H6.2H2/c1-24-8-10-26(11-9-24)12-17-33(38)28-13-14-29(34(22-28)39-3)21-31-16-15-30-20-25(2)36(18-19-36)23-32(35(30)37-31)27-6-4-5-7-27;1-7-5-3-2-4-6-7;1-2;;/h13-16,22,24,26-27,32H,2,4-12,17-21,23H2,1,3H3;7H,2-6H2,1H3;1-2H3;2*1H. The molecule has 5 aliphatic carbocycles. The Hall–Kier alpha value is -2.42. The highest BCUT2D eigenvalue weighted by molar-refractivity contribution is 5.96. The average molecular weight is 658 g/mol. The van der Waals surface area contributed by atoms with Crippen LogP contribution in [0.1, 0.15) is 185 Å². The van der Waals surface area contributed by atoms with Crippen LogP contribution in [0.5, 0.6) is 5.75 Å². The zero-order valence-corrected chi connectivity index (χ0v) is 31.4. The molecule has 7 rings (SSSR count). The number of carbonyl (C=O) groups is 1. The van der Waals surface area contributed by atoms with Gasteiger partial charge in [-0.1, -0.05) is 129 Å². The lowest BCUT2D eigenvalue weighted by atomic mass is 9.79. The lowest BCUT2D eigenvalue weighted by molar-refractivity contribution is 0.0968. The fraction of sp³-hybridized carbons (Fsp3) is 0.689. The van der Waals surface area contributed by atoms with Crippen LogP contribution in [0.25, 0.3) is 0 Å². The Kier molecular flexibility index (Phi) is 13.4. The number of rotatable bonds is 8. The largest absolute Gasteiger partial charge is 0.496 e. The van der Waals surface area contributed by atoms with Crippen LogP contribution < -0.4 is 4.74 Å². The molecule has 2 aromatic rings. The summed E-state index contributed by atoms with van der Waals surface area (Å²) < 4.78 is 5.81. The summed E-state index contributed by atoms with van der Waals surface area (Å²) in [6.45, 7) is 13.3. The summed E-state index contributed by atoms with van der Waals surface area (Å²) >= 11 is 0. The SMILES string of the molecule is C=C1Cc2ccc(Cc3ccc(C(=O)CCC4CCC(C)CC4)cc3OC)nc2C(C2CCCC2)CC12CC2.CC.CC1CCCCC1.[HH].[HH]. The first-order valence-electron chi connectivity index (χ1n) is 20.2. The zero-order valence-electron chi connectivity index (χ0n) is 31.4. The molecule has 0 aliphatic heterocycles. The highest BCUT2D eigenvalue weighted by Crippen LogP contribution is 2.61. The van der Waals surface area contributed by atoms with Crippen LogP contribution in [0.15, 0.2) is 42.5 Å². The normalized spacial score (nSPS) is 25.2. The molecule has 0 radical (unpaired) electrons. The van der Waals surface area contributed by atoms with Gasteiger partial charge in [-0.15, -0.1) is 0 Å². The van der Waals surface area contributed by atoms with Crippen molar-refractivity contribution in [3.63, 3.8) is 0 Å². The second-order valence-corrected chi connectivity index (χ2v) is 16.3. The molecule has 1 heterocycles. The third-order valence-electron chi connectivity index (χ3n) is 12.8. The van der Waals surface area contributed by atoms with Gasteiger partial charge in [0.15, 0.2) is 5.78 Å². The van der Waals surface area contributed by atoms with Crippen molar-refractivity contribution < 1.29 is 12.4 Å². The molecule has 1 unspecified atom stereocenters. The van der Waals surface area contributed by atoms with E-state index in [4.69, 9.17) is 9.72 Å². The van der Waals surface area contributed by atoms with Crippen LogP contribution in [0.4, 0.5) is 0 Å². The molecule has 0 saturated heterocycles. The Labute approximate surface area is 297 Å². The van der Waals surface area contributed by atoms with Gasteiger partial charge in [0.1, 0.15) is 5.75 Å². The van der Waals surface area contributed by atoms with Crippen LogP contribution in [0, 0.1) is 29.1 Å². The predicted octanol–water partition coefficient (Wildman–Crippen LogP) is 13.1. The van der Waals surface area contributed by atoms with Crippen molar-refractivity contribution in [3.05, 3.63) is 70.6 Å². The van der Waals surface area contributed by atoms with E-state index in [1.807, 2.05) is 26.0 Å². The lowest BCUT2D eigenvalue weighted by Crippen LogP contribution is -2.16. The number of aromatic nitrogens is 1. The van der Waals surface area contributed by atoms with Gasteiger partial charge < -0.3 is 4.74 Å². The number of carbonyl (C=O) groups excluding carboxylic acids is 1. The number of allylic oxidation sites excluding steroid dienone is 1. The van der Waals surface area contributed by atoms with Crippen molar-refractivity contribution in [2.75, 3.05) is 7.11 Å². The number of hydrogen-bond donors (Lipinski definition) is 0. The highest BCUT2D eigenvalue weighted by atomic mass is 16.5. The van der Waals surface area contributed by atoms with Crippen molar-refractivity contribution in [2.45, 2.75) is 162 Å². The van der Waals surface area contributed by atoms with Crippen molar-refractivity contribution >= 4 is 5.78 Å². The van der Waals surface area contributed by atoms with Gasteiger partial charge in [-0.05, 0) is 91.7 Å². The van der Waals surface area contributed by atoms with E-state index in [2.05, 4.69) is 38.6 Å². The molecule has 48 heavy (non-hydrogen) atoms. The first kappa shape index (κ1) is 36.9. The summed E-state index contributed by atoms with van der Waals surface area (Å²) in [4.78, 5) is 18.4. The first-order valence-corrected chi connectivity index (χ1v) is 20.2. The van der Waals surface area contributed by atoms with E-state index < -0.39 is 0 Å². The molecule has 1 aromatic carbocycles. The van der Waals surface area contributed by atoms with Gasteiger partial charge in [0.05, 0.1) is 7.11 Å². The minimum Gasteiger partial charge on any atom is -0.496 e. The Morgan fingerprint density at radius 2 is 1.56 bits per heavy atom. The maximum atomic E-state index is 13.1. The van der Waals surface area contributed by atoms with Crippen LogP contribution in [-0.4, -0.2) is 17.9 Å². The molecule has 4 fully saturated rings. The van der Waals surface area contributed by atoms with Gasteiger partial charge in [-0.25, -0.2) is 0 Å². The molecule has 4 saturated carbocycles. The fourth-order valence-electron chi connectivity index (χ4n) is 9.32. The van der Waals surface area contributed by atoms with Gasteiger partial charge >= 0.3 is 0 Å². The molecule has 3 heteroatoms. The molecule has 268 valence electrons. The Morgan fingerprint density at radius 3 is 2.19 bits per heavy atom. The second-order valence-electron chi connectivity index (χ2n) is 16.3. The second kappa shape index (κ2) is 17.5. The number of Topliss-reactive ketones (excluding diaryl/α,β-unsaturated/α-hetero) is 1. The maximum absolute atomic E-state index is 13.1. The third-order valence-corrected chi connectivity index (χ3v) is 12.8. The van der Waals surface area contributed by atoms with Crippen LogP contribution in [0.2, 0.25) is 0 Å². The molecule has 3 nitrogen and oxygen atoms in total. The van der Waals surface area contributed by atoms with Crippen LogP contribution in [0.3, 0.4) is 0 Å². The smallest absolute Gasteiger partial charge is 0.163 e. The van der Waals surface area contributed by atoms with E-state index in [9.17, 15) is 4.79 Å². The van der Waals surface area contributed by atoms with Crippen molar-refractivity contribution in [3.8, 4) is 5.75 Å². The molecule has 0 bridgehead atoms. The molecule has 5 aliphatic rings. The van der Waals surface area contributed by atoms with Gasteiger partial charge in [-0.2, -0.15) is 0 Å². The van der Waals surface area contributed by atoms with Gasteiger partial charge in [0.25, 0.3) is 0 Å². The molecular formula is C45H71NO2. The number of benzene rings is 1. The molecule has 1 aromatic heterocycles. The predicted molar refractivity (Wildman–Crippen MR) is 206 cm³/mol. The molecular weight excluding hydrogens is 587 g/mol. The van der Waals surface area contributed by atoms with E-state index in [1.54, 1.807) is 7.11 Å². The van der Waals surface area contributed by atoms with Crippen molar-refractivity contribution in [1.82, 2.24) is 4.98 Å². The minimum absolute atomic E-state index is 0.